The summed E-state index contributed by atoms with van der Waals surface area (Å²) in [6, 6.07) is 5.43. The second kappa shape index (κ2) is 4.37. The number of fused-ring (bicyclic) bond motifs is 1. The zero-order chi connectivity index (χ0) is 12.4. The zero-order valence-electron chi connectivity index (χ0n) is 9.89. The van der Waals surface area contributed by atoms with E-state index in [-0.39, 0.29) is 0 Å². The van der Waals surface area contributed by atoms with Crippen LogP contribution in [0, 0.1) is 0 Å². The van der Waals surface area contributed by atoms with Crippen LogP contribution in [0.2, 0.25) is 0 Å². The molecule has 17 heavy (non-hydrogen) atoms. The topological polar surface area (TPSA) is 48.0 Å². The Bertz CT molecular complexity index is 481. The van der Waals surface area contributed by atoms with Gasteiger partial charge in [0.1, 0.15) is 5.75 Å². The van der Waals surface area contributed by atoms with Crippen LogP contribution in [0.25, 0.3) is 6.08 Å². The van der Waals surface area contributed by atoms with E-state index in [1.165, 1.54) is 12.2 Å². The Labute approximate surface area is 99.1 Å². The maximum Gasteiger partial charge on any atom is 0.357 e. The molecule has 5 nitrogen and oxygen atoms in total. The van der Waals surface area contributed by atoms with E-state index in [2.05, 4.69) is 4.74 Å². The number of hydrogen-bond donors (Lipinski definition) is 0. The van der Waals surface area contributed by atoms with Gasteiger partial charge in [-0.2, -0.15) is 0 Å². The highest BCUT2D eigenvalue weighted by atomic mass is 16.7. The van der Waals surface area contributed by atoms with Crippen LogP contribution >= 0.6 is 0 Å². The highest BCUT2D eigenvalue weighted by Gasteiger charge is 2.24. The van der Waals surface area contributed by atoms with Crippen molar-refractivity contribution in [1.82, 2.24) is 5.06 Å². The Morgan fingerprint density at radius 2 is 2.12 bits per heavy atom. The number of carbonyl (C=O) groups excluding carboxylic acids is 1. The summed E-state index contributed by atoms with van der Waals surface area (Å²) in [6.07, 6.45) is 1.68. The lowest BCUT2D eigenvalue weighted by Crippen LogP contribution is -2.30. The predicted octanol–water partition coefficient (Wildman–Crippen LogP) is 1.45. The summed E-state index contributed by atoms with van der Waals surface area (Å²) in [4.78, 5) is 17.0. The molecule has 0 aromatic heterocycles. The molecule has 0 radical (unpaired) electrons. The standard InChI is InChI=1S/C12H13NO4/c1-13-9(12(14)16-3)7-8-10(15-2)5-4-6-11(8)17-13/h4-7H,1-3H3. The van der Waals surface area contributed by atoms with Crippen LogP contribution in [-0.4, -0.2) is 32.3 Å². The summed E-state index contributed by atoms with van der Waals surface area (Å²) in [5.41, 5.74) is 1.05. The van der Waals surface area contributed by atoms with Crippen LogP contribution in [0.4, 0.5) is 0 Å². The molecule has 1 aliphatic heterocycles. The van der Waals surface area contributed by atoms with E-state index < -0.39 is 5.97 Å². The molecule has 0 saturated heterocycles. The summed E-state index contributed by atoms with van der Waals surface area (Å²) in [6.45, 7) is 0. The molecule has 0 N–H and O–H groups in total. The van der Waals surface area contributed by atoms with E-state index in [0.717, 1.165) is 5.56 Å². The fraction of sp³-hybridized carbons (Fsp3) is 0.250. The minimum atomic E-state index is -0.455. The summed E-state index contributed by atoms with van der Waals surface area (Å²) < 4.78 is 9.89. The molecular formula is C12H13NO4. The van der Waals surface area contributed by atoms with E-state index in [4.69, 9.17) is 9.57 Å². The number of hydrogen-bond acceptors (Lipinski definition) is 5. The van der Waals surface area contributed by atoms with Crippen LogP contribution in [0.3, 0.4) is 0 Å². The van der Waals surface area contributed by atoms with Crippen molar-refractivity contribution >= 4 is 12.0 Å². The van der Waals surface area contributed by atoms with Gasteiger partial charge in [-0.05, 0) is 18.2 Å². The maximum atomic E-state index is 11.5. The van der Waals surface area contributed by atoms with E-state index in [1.807, 2.05) is 6.07 Å². The fourth-order valence-corrected chi connectivity index (χ4v) is 1.64. The molecule has 0 bridgehead atoms. The number of esters is 1. The van der Waals surface area contributed by atoms with Crippen LogP contribution in [0.5, 0.6) is 11.5 Å². The number of hydroxylamine groups is 2. The van der Waals surface area contributed by atoms with E-state index in [9.17, 15) is 4.79 Å². The van der Waals surface area contributed by atoms with Crippen molar-refractivity contribution in [3.63, 3.8) is 0 Å². The minimum Gasteiger partial charge on any atom is -0.496 e. The third kappa shape index (κ3) is 1.91. The molecule has 1 heterocycles. The second-order valence-corrected chi connectivity index (χ2v) is 3.48. The van der Waals surface area contributed by atoms with Crippen LogP contribution in [0.15, 0.2) is 23.9 Å². The van der Waals surface area contributed by atoms with Gasteiger partial charge in [-0.3, -0.25) is 0 Å². The van der Waals surface area contributed by atoms with Gasteiger partial charge in [0.2, 0.25) is 0 Å². The molecule has 1 aromatic carbocycles. The molecule has 0 unspecified atom stereocenters. The smallest absolute Gasteiger partial charge is 0.357 e. The number of methoxy groups -OCH3 is 2. The lowest BCUT2D eigenvalue weighted by atomic mass is 10.1. The molecule has 0 amide bonds. The SMILES string of the molecule is COC(=O)C1=Cc2c(OC)cccc2ON1C. The Kier molecular flexibility index (Phi) is 2.91. The molecule has 2 rings (SSSR count). The van der Waals surface area contributed by atoms with Crippen molar-refractivity contribution < 1.29 is 19.1 Å². The first-order chi connectivity index (χ1) is 8.17. The summed E-state index contributed by atoms with van der Waals surface area (Å²) >= 11 is 0. The second-order valence-electron chi connectivity index (χ2n) is 3.48. The van der Waals surface area contributed by atoms with Crippen molar-refractivity contribution in [3.05, 3.63) is 29.5 Å². The third-order valence-electron chi connectivity index (χ3n) is 2.50. The molecule has 0 aliphatic carbocycles. The van der Waals surface area contributed by atoms with Crippen LogP contribution in [-0.2, 0) is 9.53 Å². The third-order valence-corrected chi connectivity index (χ3v) is 2.50. The molecule has 0 spiro atoms. The van der Waals surface area contributed by atoms with E-state index in [1.54, 1.807) is 32.4 Å². The maximum absolute atomic E-state index is 11.5. The van der Waals surface area contributed by atoms with Gasteiger partial charge in [0, 0.05) is 7.05 Å². The predicted molar refractivity (Wildman–Crippen MR) is 61.4 cm³/mol. The number of nitrogens with zero attached hydrogens (tertiary/aromatic N) is 1. The van der Waals surface area contributed by atoms with Gasteiger partial charge in [-0.1, -0.05) is 6.07 Å². The van der Waals surface area contributed by atoms with Crippen molar-refractivity contribution in [2.75, 3.05) is 21.3 Å². The summed E-state index contributed by atoms with van der Waals surface area (Å²) in [7, 11) is 4.54. The Morgan fingerprint density at radius 1 is 1.35 bits per heavy atom. The first-order valence-electron chi connectivity index (χ1n) is 5.06. The van der Waals surface area contributed by atoms with Gasteiger partial charge >= 0.3 is 5.97 Å². The molecular weight excluding hydrogens is 222 g/mol. The number of ether oxygens (including phenoxy) is 2. The fourth-order valence-electron chi connectivity index (χ4n) is 1.64. The van der Waals surface area contributed by atoms with Crippen LogP contribution in [0.1, 0.15) is 5.56 Å². The van der Waals surface area contributed by atoms with E-state index >= 15 is 0 Å². The molecule has 0 fully saturated rings. The average Bonchev–Trinajstić information content (AvgIpc) is 2.36. The van der Waals surface area contributed by atoms with Crippen molar-refractivity contribution in [1.29, 1.82) is 0 Å². The van der Waals surface area contributed by atoms with Gasteiger partial charge in [0.25, 0.3) is 0 Å². The van der Waals surface area contributed by atoms with E-state index in [0.29, 0.717) is 17.2 Å². The lowest BCUT2D eigenvalue weighted by molar-refractivity contribution is -0.141. The lowest BCUT2D eigenvalue weighted by Gasteiger charge is -2.26. The van der Waals surface area contributed by atoms with Gasteiger partial charge in [-0.15, -0.1) is 0 Å². The molecule has 1 aliphatic rings. The summed E-state index contributed by atoms with van der Waals surface area (Å²) in [5.74, 6) is 0.834. The molecule has 0 saturated carbocycles. The van der Waals surface area contributed by atoms with Gasteiger partial charge < -0.3 is 14.3 Å². The quantitative estimate of drug-likeness (QED) is 0.726. The first kappa shape index (κ1) is 11.3. The largest absolute Gasteiger partial charge is 0.496 e. The molecule has 0 atom stereocenters. The molecule has 5 heteroatoms. The normalized spacial score (nSPS) is 13.4. The van der Waals surface area contributed by atoms with Gasteiger partial charge in [0.05, 0.1) is 19.8 Å². The monoisotopic (exact) mass is 235 g/mol. The zero-order valence-corrected chi connectivity index (χ0v) is 9.89. The van der Waals surface area contributed by atoms with Crippen molar-refractivity contribution in [2.45, 2.75) is 0 Å². The Morgan fingerprint density at radius 3 is 2.76 bits per heavy atom. The average molecular weight is 235 g/mol. The van der Waals surface area contributed by atoms with Gasteiger partial charge in [-0.25, -0.2) is 9.86 Å². The minimum absolute atomic E-state index is 0.324. The Hall–Kier alpha value is -2.17. The number of likely N-dealkylation sites (N-methyl/N-ethyl adjacent to an activating group) is 1. The highest BCUT2D eigenvalue weighted by molar-refractivity contribution is 5.94. The number of benzene rings is 1. The van der Waals surface area contributed by atoms with Gasteiger partial charge in [0.15, 0.2) is 11.4 Å². The number of rotatable bonds is 2. The molecule has 90 valence electrons. The van der Waals surface area contributed by atoms with Crippen LogP contribution < -0.4 is 9.57 Å². The highest BCUT2D eigenvalue weighted by Crippen LogP contribution is 2.35. The molecule has 1 aromatic rings. The Balaban J connectivity index is 2.51. The first-order valence-corrected chi connectivity index (χ1v) is 5.06. The number of carbonyl (C=O) groups is 1. The van der Waals surface area contributed by atoms with Crippen molar-refractivity contribution in [2.24, 2.45) is 0 Å². The van der Waals surface area contributed by atoms with Crippen molar-refractivity contribution in [3.8, 4) is 11.5 Å². The summed E-state index contributed by atoms with van der Waals surface area (Å²) in [5, 5.41) is 1.37.